The Hall–Kier alpha value is -3.33. The number of hydrogen-bond acceptors (Lipinski definition) is 7. The van der Waals surface area contributed by atoms with Crippen molar-refractivity contribution in [2.45, 2.75) is 31.3 Å². The molecule has 180 valence electrons. The molecular weight excluding hydrogens is 470 g/mol. The average molecular weight is 494 g/mol. The van der Waals surface area contributed by atoms with Crippen LogP contribution in [0.2, 0.25) is 5.02 Å². The van der Waals surface area contributed by atoms with Gasteiger partial charge in [-0.05, 0) is 54.4 Å². The van der Waals surface area contributed by atoms with Crippen molar-refractivity contribution in [2.24, 2.45) is 0 Å². The summed E-state index contributed by atoms with van der Waals surface area (Å²) in [5.74, 6) is 1.57. The first-order valence-electron chi connectivity index (χ1n) is 11.5. The molecule has 6 rings (SSSR count). The van der Waals surface area contributed by atoms with Crippen LogP contribution in [-0.4, -0.2) is 53.6 Å². The van der Waals surface area contributed by atoms with Gasteiger partial charge in [0, 0.05) is 12.2 Å². The molecule has 0 bridgehead atoms. The monoisotopic (exact) mass is 493 g/mol. The summed E-state index contributed by atoms with van der Waals surface area (Å²) in [6.07, 6.45) is 0.757. The average Bonchev–Trinajstić information content (AvgIpc) is 3.60. The van der Waals surface area contributed by atoms with Gasteiger partial charge in [-0.25, -0.2) is 4.98 Å². The van der Waals surface area contributed by atoms with Crippen molar-refractivity contribution < 1.29 is 23.7 Å². The van der Waals surface area contributed by atoms with Gasteiger partial charge in [-0.1, -0.05) is 23.7 Å². The van der Waals surface area contributed by atoms with Crippen LogP contribution in [0, 0.1) is 0 Å². The lowest BCUT2D eigenvalue weighted by atomic mass is 10.1. The van der Waals surface area contributed by atoms with Crippen LogP contribution in [0.25, 0.3) is 22.4 Å². The predicted molar refractivity (Wildman–Crippen MR) is 130 cm³/mol. The lowest BCUT2D eigenvalue weighted by molar-refractivity contribution is 0.0273. The number of pyridine rings is 1. The maximum atomic E-state index is 6.56. The van der Waals surface area contributed by atoms with E-state index in [1.165, 1.54) is 0 Å². The number of methoxy groups -OCH3 is 1. The van der Waals surface area contributed by atoms with Gasteiger partial charge in [-0.3, -0.25) is 0 Å². The van der Waals surface area contributed by atoms with Crippen LogP contribution in [0.5, 0.6) is 17.5 Å². The molecule has 2 saturated heterocycles. The maximum absolute atomic E-state index is 6.56. The molecular formula is C26H24ClN3O5. The molecule has 4 heterocycles. The molecule has 8 nitrogen and oxygen atoms in total. The van der Waals surface area contributed by atoms with Gasteiger partial charge in [0.2, 0.25) is 0 Å². The van der Waals surface area contributed by atoms with Gasteiger partial charge >= 0.3 is 0 Å². The number of hydrogen-bond donors (Lipinski definition) is 1. The Morgan fingerprint density at radius 2 is 1.83 bits per heavy atom. The summed E-state index contributed by atoms with van der Waals surface area (Å²) in [5.41, 5.74) is 3.80. The minimum Gasteiger partial charge on any atom is -0.497 e. The number of rotatable bonds is 7. The fraction of sp³-hybridized carbons (Fsp3) is 0.308. The van der Waals surface area contributed by atoms with Crippen molar-refractivity contribution >= 4 is 22.8 Å². The lowest BCUT2D eigenvalue weighted by Gasteiger charge is -2.15. The van der Waals surface area contributed by atoms with Gasteiger partial charge in [0.15, 0.2) is 11.8 Å². The third-order valence-electron chi connectivity index (χ3n) is 6.28. The Labute approximate surface area is 207 Å². The second kappa shape index (κ2) is 9.37. The number of halogens is 1. The van der Waals surface area contributed by atoms with E-state index in [4.69, 9.17) is 35.3 Å². The summed E-state index contributed by atoms with van der Waals surface area (Å²) < 4.78 is 28.6. The number of aromatic nitrogens is 3. The van der Waals surface area contributed by atoms with Crippen molar-refractivity contribution in [1.82, 2.24) is 15.0 Å². The van der Waals surface area contributed by atoms with Gasteiger partial charge < -0.3 is 28.7 Å². The topological polar surface area (TPSA) is 87.7 Å². The minimum absolute atomic E-state index is 0.0548. The smallest absolute Gasteiger partial charge is 0.296 e. The Kier molecular flexibility index (Phi) is 5.93. The quantitative estimate of drug-likeness (QED) is 0.395. The molecule has 4 aromatic rings. The number of nitrogens with one attached hydrogen (secondary N) is 1. The van der Waals surface area contributed by atoms with Crippen molar-refractivity contribution in [1.29, 1.82) is 0 Å². The van der Waals surface area contributed by atoms with E-state index in [1.54, 1.807) is 7.11 Å². The molecule has 1 N–H and O–H groups in total. The van der Waals surface area contributed by atoms with E-state index in [-0.39, 0.29) is 18.3 Å². The Balaban J connectivity index is 1.15. The van der Waals surface area contributed by atoms with Gasteiger partial charge in [-0.2, -0.15) is 4.98 Å². The van der Waals surface area contributed by atoms with Crippen LogP contribution in [0.15, 0.2) is 54.6 Å². The second-order valence-electron chi connectivity index (χ2n) is 8.55. The first-order valence-corrected chi connectivity index (χ1v) is 11.9. The first-order chi connectivity index (χ1) is 17.2. The molecule has 0 aliphatic carbocycles. The lowest BCUT2D eigenvalue weighted by Crippen LogP contribution is -2.32. The molecule has 0 radical (unpaired) electrons. The number of nitrogens with zero attached hydrogens (tertiary/aromatic N) is 2. The Morgan fingerprint density at radius 1 is 1.03 bits per heavy atom. The van der Waals surface area contributed by atoms with E-state index in [0.717, 1.165) is 29.0 Å². The van der Waals surface area contributed by atoms with Crippen molar-refractivity contribution in [3.05, 3.63) is 65.2 Å². The Morgan fingerprint density at radius 3 is 2.63 bits per heavy atom. The van der Waals surface area contributed by atoms with E-state index in [2.05, 4.69) is 15.0 Å². The SMILES string of the molecule is COc1ccc(COc2ccc(-c3nc4nc(O[C@@H]5CO[C@@H]6CCO[C@@H]65)[nH]c4cc3Cl)cc2)cc1. The van der Waals surface area contributed by atoms with Crippen LogP contribution in [0.1, 0.15) is 12.0 Å². The molecule has 2 aromatic heterocycles. The fourth-order valence-electron chi connectivity index (χ4n) is 4.43. The molecule has 3 atom stereocenters. The number of imidazole rings is 1. The highest BCUT2D eigenvalue weighted by Gasteiger charge is 2.43. The van der Waals surface area contributed by atoms with Crippen LogP contribution in [-0.2, 0) is 16.1 Å². The zero-order valence-corrected chi connectivity index (χ0v) is 19.8. The highest BCUT2D eigenvalue weighted by Crippen LogP contribution is 2.32. The highest BCUT2D eigenvalue weighted by atomic mass is 35.5. The molecule has 35 heavy (non-hydrogen) atoms. The maximum Gasteiger partial charge on any atom is 0.296 e. The fourth-order valence-corrected chi connectivity index (χ4v) is 4.69. The Bertz CT molecular complexity index is 1330. The third-order valence-corrected chi connectivity index (χ3v) is 6.57. The molecule has 2 aliphatic heterocycles. The van der Waals surface area contributed by atoms with E-state index < -0.39 is 0 Å². The summed E-state index contributed by atoms with van der Waals surface area (Å²) in [6.45, 7) is 1.64. The molecule has 9 heteroatoms. The van der Waals surface area contributed by atoms with E-state index in [0.29, 0.717) is 47.7 Å². The summed E-state index contributed by atoms with van der Waals surface area (Å²) in [7, 11) is 1.65. The molecule has 0 amide bonds. The second-order valence-corrected chi connectivity index (χ2v) is 8.95. The van der Waals surface area contributed by atoms with E-state index >= 15 is 0 Å². The number of aromatic amines is 1. The minimum atomic E-state index is -0.191. The molecule has 0 saturated carbocycles. The van der Waals surface area contributed by atoms with E-state index in [1.807, 2.05) is 54.6 Å². The van der Waals surface area contributed by atoms with Gasteiger partial charge in [0.25, 0.3) is 6.01 Å². The zero-order valence-electron chi connectivity index (χ0n) is 19.1. The van der Waals surface area contributed by atoms with Crippen molar-refractivity contribution in [3.8, 4) is 28.8 Å². The summed E-state index contributed by atoms with van der Waals surface area (Å²) in [5, 5.41) is 0.517. The molecule has 0 unspecified atom stereocenters. The van der Waals surface area contributed by atoms with Crippen molar-refractivity contribution in [3.63, 3.8) is 0 Å². The molecule has 2 fully saturated rings. The molecule has 0 spiro atoms. The number of benzene rings is 2. The van der Waals surface area contributed by atoms with Crippen LogP contribution in [0.3, 0.4) is 0 Å². The largest absolute Gasteiger partial charge is 0.497 e. The first kappa shape index (κ1) is 22.2. The summed E-state index contributed by atoms with van der Waals surface area (Å²) >= 11 is 6.56. The van der Waals surface area contributed by atoms with E-state index in [9.17, 15) is 0 Å². The van der Waals surface area contributed by atoms with Crippen LogP contribution in [0.4, 0.5) is 0 Å². The van der Waals surface area contributed by atoms with Crippen LogP contribution >= 0.6 is 11.6 Å². The van der Waals surface area contributed by atoms with Crippen molar-refractivity contribution in [2.75, 3.05) is 20.3 Å². The molecule has 2 aromatic carbocycles. The number of fused-ring (bicyclic) bond motifs is 2. The normalized spacial score (nSPS) is 21.3. The van der Waals surface area contributed by atoms with Gasteiger partial charge in [-0.15, -0.1) is 0 Å². The summed E-state index contributed by atoms with van der Waals surface area (Å²) in [6, 6.07) is 17.6. The molecule has 2 aliphatic rings. The predicted octanol–water partition coefficient (Wildman–Crippen LogP) is 4.80. The van der Waals surface area contributed by atoms with Gasteiger partial charge in [0.1, 0.15) is 24.2 Å². The van der Waals surface area contributed by atoms with Crippen LogP contribution < -0.4 is 14.2 Å². The standard InChI is InChI=1S/C26H24ClN3O5/c1-31-17-6-2-15(3-7-17)13-33-18-8-4-16(5-9-18)23-19(27)12-20-25(29-23)30-26(28-20)35-22-14-34-21-10-11-32-24(21)22/h2-9,12,21-22,24H,10-11,13-14H2,1H3,(H,28,29,30)/t21-,22-,24+/m1/s1. The third kappa shape index (κ3) is 4.52. The highest BCUT2D eigenvalue weighted by molar-refractivity contribution is 6.33. The number of H-pyrrole nitrogens is 1. The summed E-state index contributed by atoms with van der Waals surface area (Å²) in [4.78, 5) is 12.3. The number of ether oxygens (including phenoxy) is 5. The van der Waals surface area contributed by atoms with Gasteiger partial charge in [0.05, 0.1) is 36.1 Å². The zero-order chi connectivity index (χ0) is 23.8.